The number of oxazole rings is 1. The normalized spacial score (nSPS) is 12.1. The molecule has 194 valence electrons. The van der Waals surface area contributed by atoms with Crippen LogP contribution in [0, 0.1) is 6.92 Å². The highest BCUT2D eigenvalue weighted by Crippen LogP contribution is 2.22. The fraction of sp³-hybridized carbons (Fsp3) is 0.194. The van der Waals surface area contributed by atoms with Gasteiger partial charge in [-0.25, -0.2) is 9.78 Å². The minimum absolute atomic E-state index is 0.182. The number of rotatable bonds is 12. The van der Waals surface area contributed by atoms with Gasteiger partial charge in [-0.2, -0.15) is 0 Å². The van der Waals surface area contributed by atoms with E-state index < -0.39 is 12.0 Å². The molecular weight excluding hydrogens is 480 g/mol. The zero-order chi connectivity index (χ0) is 26.9. The van der Waals surface area contributed by atoms with E-state index in [-0.39, 0.29) is 12.2 Å². The fourth-order valence-corrected chi connectivity index (χ4v) is 3.99. The van der Waals surface area contributed by atoms with Gasteiger partial charge in [0.2, 0.25) is 5.89 Å². The summed E-state index contributed by atoms with van der Waals surface area (Å²) in [5.41, 5.74) is 3.65. The monoisotopic (exact) mass is 510 g/mol. The molecule has 0 aliphatic heterocycles. The molecule has 0 aliphatic rings. The van der Waals surface area contributed by atoms with E-state index >= 15 is 0 Å². The van der Waals surface area contributed by atoms with Crippen molar-refractivity contribution >= 4 is 11.8 Å². The number of aliphatic carboxylic acids is 1. The quantitative estimate of drug-likeness (QED) is 0.188. The third-order valence-corrected chi connectivity index (χ3v) is 5.99. The predicted molar refractivity (Wildman–Crippen MR) is 145 cm³/mol. The van der Waals surface area contributed by atoms with Crippen LogP contribution in [0.1, 0.15) is 34.3 Å². The summed E-state index contributed by atoms with van der Waals surface area (Å²) in [5.74, 6) is 0.868. The van der Waals surface area contributed by atoms with Crippen molar-refractivity contribution in [1.29, 1.82) is 0 Å². The first-order chi connectivity index (χ1) is 18.4. The van der Waals surface area contributed by atoms with Crippen LogP contribution >= 0.6 is 0 Å². The number of carboxylic acids is 1. The fourth-order valence-electron chi connectivity index (χ4n) is 3.99. The van der Waals surface area contributed by atoms with Crippen LogP contribution < -0.4 is 10.1 Å². The first-order valence-electron chi connectivity index (χ1n) is 12.4. The van der Waals surface area contributed by atoms with Crippen molar-refractivity contribution in [2.24, 2.45) is 0 Å². The number of aryl methyl sites for hydroxylation is 1. The summed E-state index contributed by atoms with van der Waals surface area (Å²) in [7, 11) is 0. The van der Waals surface area contributed by atoms with E-state index in [1.165, 1.54) is 6.08 Å². The van der Waals surface area contributed by atoms with Gasteiger partial charge in [-0.3, -0.25) is 4.79 Å². The molecule has 0 saturated heterocycles. The molecule has 4 aromatic rings. The second kappa shape index (κ2) is 12.5. The van der Waals surface area contributed by atoms with E-state index in [9.17, 15) is 14.7 Å². The van der Waals surface area contributed by atoms with Gasteiger partial charge in [0.1, 0.15) is 17.6 Å². The molecule has 0 saturated carbocycles. The van der Waals surface area contributed by atoms with Crippen LogP contribution in [0.4, 0.5) is 0 Å². The summed E-state index contributed by atoms with van der Waals surface area (Å²) >= 11 is 0. The zero-order valence-electron chi connectivity index (χ0n) is 21.4. The number of allylic oxidation sites excluding steroid dienone is 2. The summed E-state index contributed by atoms with van der Waals surface area (Å²) < 4.78 is 11.7. The van der Waals surface area contributed by atoms with Gasteiger partial charge in [0, 0.05) is 35.7 Å². The third kappa shape index (κ3) is 7.20. The smallest absolute Gasteiger partial charge is 0.326 e. The lowest BCUT2D eigenvalue weighted by Crippen LogP contribution is -2.37. The van der Waals surface area contributed by atoms with Crippen molar-refractivity contribution < 1.29 is 23.8 Å². The number of ether oxygens (including phenoxy) is 1. The topological polar surface area (TPSA) is 102 Å². The van der Waals surface area contributed by atoms with Gasteiger partial charge in [-0.15, -0.1) is 0 Å². The Morgan fingerprint density at radius 2 is 1.66 bits per heavy atom. The number of ketones is 1. The summed E-state index contributed by atoms with van der Waals surface area (Å²) in [6, 6.07) is 25.1. The number of benzene rings is 3. The maximum Gasteiger partial charge on any atom is 0.326 e. The molecule has 2 N–H and O–H groups in total. The molecule has 1 atom stereocenters. The number of carbonyl (C=O) groups excluding carboxylic acids is 1. The molecule has 0 radical (unpaired) electrons. The molecule has 0 fully saturated rings. The standard InChI is InChI=1S/C31H30N2O5/c1-21(19-29(34)24-9-5-3-6-10-24)32-28(31(35)36)20-23-13-15-26(16-14-23)37-18-17-27-22(2)38-30(33-27)25-11-7-4-8-12-25/h3-16,19,28,32H,17-18,20H2,1-2H3,(H,35,36)/b21-19-. The number of aromatic nitrogens is 1. The summed E-state index contributed by atoms with van der Waals surface area (Å²) in [6.45, 7) is 4.01. The number of hydrogen-bond donors (Lipinski definition) is 2. The molecule has 3 aromatic carbocycles. The van der Waals surface area contributed by atoms with E-state index in [2.05, 4.69) is 10.3 Å². The Kier molecular flexibility index (Phi) is 8.72. The van der Waals surface area contributed by atoms with E-state index in [1.54, 1.807) is 31.2 Å². The van der Waals surface area contributed by atoms with Gasteiger partial charge in [0.05, 0.1) is 12.3 Å². The van der Waals surface area contributed by atoms with Crippen LogP contribution in [-0.2, 0) is 17.6 Å². The molecule has 1 unspecified atom stereocenters. The SMILES string of the molecule is C/C(=C/C(=O)c1ccccc1)NC(Cc1ccc(OCCc2nc(-c3ccccc3)oc2C)cc1)C(=O)O. The van der Waals surface area contributed by atoms with Crippen LogP contribution in [0.2, 0.25) is 0 Å². The summed E-state index contributed by atoms with van der Waals surface area (Å²) in [5, 5.41) is 12.6. The molecular formula is C31H30N2O5. The minimum Gasteiger partial charge on any atom is -0.493 e. The molecule has 0 amide bonds. The van der Waals surface area contributed by atoms with Gasteiger partial charge < -0.3 is 19.6 Å². The van der Waals surface area contributed by atoms with Crippen LogP contribution in [0.25, 0.3) is 11.5 Å². The molecule has 7 nitrogen and oxygen atoms in total. The van der Waals surface area contributed by atoms with E-state index in [1.807, 2.05) is 67.6 Å². The Morgan fingerprint density at radius 3 is 2.32 bits per heavy atom. The number of nitrogens with one attached hydrogen (secondary N) is 1. The molecule has 1 heterocycles. The van der Waals surface area contributed by atoms with Crippen LogP contribution in [0.5, 0.6) is 5.75 Å². The van der Waals surface area contributed by atoms with Crippen LogP contribution in [0.15, 0.2) is 101 Å². The Balaban J connectivity index is 1.30. The highest BCUT2D eigenvalue weighted by atomic mass is 16.5. The molecule has 0 bridgehead atoms. The summed E-state index contributed by atoms with van der Waals surface area (Å²) in [4.78, 5) is 28.8. The predicted octanol–water partition coefficient (Wildman–Crippen LogP) is 5.64. The Morgan fingerprint density at radius 1 is 1.00 bits per heavy atom. The lowest BCUT2D eigenvalue weighted by molar-refractivity contribution is -0.139. The summed E-state index contributed by atoms with van der Waals surface area (Å²) in [6.07, 6.45) is 2.27. The van der Waals surface area contributed by atoms with Crippen LogP contribution in [-0.4, -0.2) is 34.5 Å². The molecule has 7 heteroatoms. The first-order valence-corrected chi connectivity index (χ1v) is 12.4. The third-order valence-electron chi connectivity index (χ3n) is 5.99. The first kappa shape index (κ1) is 26.4. The number of carbonyl (C=O) groups is 2. The second-order valence-electron chi connectivity index (χ2n) is 8.93. The van der Waals surface area contributed by atoms with Crippen molar-refractivity contribution in [3.8, 4) is 17.2 Å². The maximum absolute atomic E-state index is 12.4. The van der Waals surface area contributed by atoms with E-state index in [0.717, 1.165) is 22.6 Å². The Bertz CT molecular complexity index is 1390. The number of carboxylic acid groups (broad SMARTS) is 1. The zero-order valence-corrected chi connectivity index (χ0v) is 21.4. The lowest BCUT2D eigenvalue weighted by atomic mass is 10.1. The van der Waals surface area contributed by atoms with Crippen molar-refractivity contribution in [3.05, 3.63) is 119 Å². The van der Waals surface area contributed by atoms with Gasteiger partial charge in [0.25, 0.3) is 0 Å². The second-order valence-corrected chi connectivity index (χ2v) is 8.93. The minimum atomic E-state index is -0.997. The van der Waals surface area contributed by atoms with E-state index in [4.69, 9.17) is 9.15 Å². The lowest BCUT2D eigenvalue weighted by Gasteiger charge is -2.16. The Labute approximate surface area is 221 Å². The molecule has 38 heavy (non-hydrogen) atoms. The van der Waals surface area contributed by atoms with Crippen molar-refractivity contribution in [2.45, 2.75) is 32.7 Å². The molecule has 1 aromatic heterocycles. The number of hydrogen-bond acceptors (Lipinski definition) is 6. The van der Waals surface area contributed by atoms with Gasteiger partial charge >= 0.3 is 5.97 Å². The van der Waals surface area contributed by atoms with Crippen LogP contribution in [0.3, 0.4) is 0 Å². The molecule has 0 aliphatic carbocycles. The molecule has 4 rings (SSSR count). The average molecular weight is 511 g/mol. The van der Waals surface area contributed by atoms with Gasteiger partial charge in [0.15, 0.2) is 5.78 Å². The van der Waals surface area contributed by atoms with E-state index in [0.29, 0.717) is 35.9 Å². The van der Waals surface area contributed by atoms with Crippen molar-refractivity contribution in [3.63, 3.8) is 0 Å². The highest BCUT2D eigenvalue weighted by Gasteiger charge is 2.18. The van der Waals surface area contributed by atoms with Crippen molar-refractivity contribution in [2.75, 3.05) is 6.61 Å². The van der Waals surface area contributed by atoms with Crippen molar-refractivity contribution in [1.82, 2.24) is 10.3 Å². The Hall–Kier alpha value is -4.65. The average Bonchev–Trinajstić information content (AvgIpc) is 3.30. The number of nitrogens with zero attached hydrogens (tertiary/aromatic N) is 1. The largest absolute Gasteiger partial charge is 0.493 e. The van der Waals surface area contributed by atoms with Gasteiger partial charge in [-0.1, -0.05) is 60.7 Å². The highest BCUT2D eigenvalue weighted by molar-refractivity contribution is 6.04. The van der Waals surface area contributed by atoms with Gasteiger partial charge in [-0.05, 0) is 43.7 Å². The maximum atomic E-state index is 12.4. The molecule has 0 spiro atoms.